The van der Waals surface area contributed by atoms with E-state index >= 15 is 0 Å². The zero-order valence-corrected chi connectivity index (χ0v) is 10.3. The van der Waals surface area contributed by atoms with E-state index in [0.29, 0.717) is 0 Å². The zero-order chi connectivity index (χ0) is 12.5. The Kier molecular flexibility index (Phi) is 2.63. The van der Waals surface area contributed by atoms with Crippen LogP contribution in [0.3, 0.4) is 0 Å². The van der Waals surface area contributed by atoms with E-state index in [1.807, 2.05) is 19.2 Å². The van der Waals surface area contributed by atoms with Gasteiger partial charge in [0.05, 0.1) is 0 Å². The standard InChI is InChI=1S/C14H15N3O/c1-15-14-11-3-2-4-12(11)16-13(17-14)9-5-7-10(18)8-6-9/h5-8,18H,2-4H2,1H3,(H,15,16,17). The van der Waals surface area contributed by atoms with Crippen molar-refractivity contribution < 1.29 is 5.11 Å². The lowest BCUT2D eigenvalue weighted by Crippen LogP contribution is -2.03. The van der Waals surface area contributed by atoms with E-state index in [-0.39, 0.29) is 5.75 Å². The molecule has 0 spiro atoms. The third-order valence-corrected chi connectivity index (χ3v) is 3.30. The van der Waals surface area contributed by atoms with Crippen molar-refractivity contribution in [2.45, 2.75) is 19.3 Å². The first-order valence-corrected chi connectivity index (χ1v) is 6.15. The van der Waals surface area contributed by atoms with Crippen molar-refractivity contribution in [1.29, 1.82) is 0 Å². The van der Waals surface area contributed by atoms with E-state index in [9.17, 15) is 5.11 Å². The molecule has 92 valence electrons. The van der Waals surface area contributed by atoms with Gasteiger partial charge in [0.25, 0.3) is 0 Å². The minimum absolute atomic E-state index is 0.258. The molecule has 4 heteroatoms. The predicted molar refractivity (Wildman–Crippen MR) is 70.7 cm³/mol. The Morgan fingerprint density at radius 1 is 1.11 bits per heavy atom. The zero-order valence-electron chi connectivity index (χ0n) is 10.3. The average Bonchev–Trinajstić information content (AvgIpc) is 2.86. The first-order chi connectivity index (χ1) is 8.78. The summed E-state index contributed by atoms with van der Waals surface area (Å²) in [5, 5.41) is 12.5. The van der Waals surface area contributed by atoms with Gasteiger partial charge in [-0.15, -0.1) is 0 Å². The first kappa shape index (κ1) is 11.0. The number of rotatable bonds is 2. The average molecular weight is 241 g/mol. The second-order valence-electron chi connectivity index (χ2n) is 4.47. The lowest BCUT2D eigenvalue weighted by atomic mass is 10.2. The second kappa shape index (κ2) is 4.29. The van der Waals surface area contributed by atoms with Gasteiger partial charge in [-0.05, 0) is 43.5 Å². The summed E-state index contributed by atoms with van der Waals surface area (Å²) in [6.07, 6.45) is 3.23. The molecule has 1 aromatic carbocycles. The molecule has 2 N–H and O–H groups in total. The van der Waals surface area contributed by atoms with E-state index in [0.717, 1.165) is 42.2 Å². The maximum absolute atomic E-state index is 9.31. The molecule has 0 fully saturated rings. The van der Waals surface area contributed by atoms with Gasteiger partial charge >= 0.3 is 0 Å². The van der Waals surface area contributed by atoms with Crippen LogP contribution in [0.4, 0.5) is 5.82 Å². The van der Waals surface area contributed by atoms with E-state index in [1.165, 1.54) is 5.56 Å². The van der Waals surface area contributed by atoms with Crippen molar-refractivity contribution in [3.8, 4) is 17.1 Å². The van der Waals surface area contributed by atoms with Crippen LogP contribution in [0.1, 0.15) is 17.7 Å². The summed E-state index contributed by atoms with van der Waals surface area (Å²) in [5.74, 6) is 1.91. The van der Waals surface area contributed by atoms with Crippen LogP contribution in [-0.2, 0) is 12.8 Å². The Morgan fingerprint density at radius 2 is 1.89 bits per heavy atom. The molecule has 1 heterocycles. The fourth-order valence-corrected chi connectivity index (χ4v) is 2.38. The molecule has 0 unspecified atom stereocenters. The van der Waals surface area contributed by atoms with E-state index in [1.54, 1.807) is 12.1 Å². The lowest BCUT2D eigenvalue weighted by molar-refractivity contribution is 0.475. The smallest absolute Gasteiger partial charge is 0.161 e. The fourth-order valence-electron chi connectivity index (χ4n) is 2.38. The molecule has 1 aliphatic rings. The van der Waals surface area contributed by atoms with Gasteiger partial charge in [-0.1, -0.05) is 0 Å². The third kappa shape index (κ3) is 1.79. The van der Waals surface area contributed by atoms with Crippen molar-refractivity contribution in [3.05, 3.63) is 35.5 Å². The van der Waals surface area contributed by atoms with Crippen molar-refractivity contribution in [2.75, 3.05) is 12.4 Å². The number of hydrogen-bond donors (Lipinski definition) is 2. The largest absolute Gasteiger partial charge is 0.508 e. The first-order valence-electron chi connectivity index (χ1n) is 6.15. The van der Waals surface area contributed by atoms with Crippen LogP contribution in [0.2, 0.25) is 0 Å². The number of anilines is 1. The number of phenolic OH excluding ortho intramolecular Hbond substituents is 1. The monoisotopic (exact) mass is 241 g/mol. The SMILES string of the molecule is CNc1nc(-c2ccc(O)cc2)nc2c1CCC2. The number of hydrogen-bond acceptors (Lipinski definition) is 4. The van der Waals surface area contributed by atoms with Gasteiger partial charge in [-0.25, -0.2) is 9.97 Å². The van der Waals surface area contributed by atoms with Gasteiger partial charge in [-0.3, -0.25) is 0 Å². The summed E-state index contributed by atoms with van der Waals surface area (Å²) < 4.78 is 0. The minimum Gasteiger partial charge on any atom is -0.508 e. The second-order valence-corrected chi connectivity index (χ2v) is 4.47. The highest BCUT2D eigenvalue weighted by molar-refractivity contribution is 5.61. The Labute approximate surface area is 106 Å². The Bertz CT molecular complexity index is 578. The topological polar surface area (TPSA) is 58.0 Å². The number of benzene rings is 1. The molecular formula is C14H15N3O. The molecule has 0 saturated carbocycles. The van der Waals surface area contributed by atoms with Crippen LogP contribution in [0.15, 0.2) is 24.3 Å². The van der Waals surface area contributed by atoms with Crippen LogP contribution < -0.4 is 5.32 Å². The molecule has 0 saturated heterocycles. The number of phenols is 1. The summed E-state index contributed by atoms with van der Waals surface area (Å²) >= 11 is 0. The highest BCUT2D eigenvalue weighted by Crippen LogP contribution is 2.29. The van der Waals surface area contributed by atoms with Crippen molar-refractivity contribution in [3.63, 3.8) is 0 Å². The van der Waals surface area contributed by atoms with Crippen molar-refractivity contribution in [2.24, 2.45) is 0 Å². The molecule has 0 bridgehead atoms. The van der Waals surface area contributed by atoms with Gasteiger partial charge in [-0.2, -0.15) is 0 Å². The number of aryl methyl sites for hydroxylation is 1. The highest BCUT2D eigenvalue weighted by atomic mass is 16.3. The van der Waals surface area contributed by atoms with Crippen molar-refractivity contribution in [1.82, 2.24) is 9.97 Å². The normalized spacial score (nSPS) is 13.4. The van der Waals surface area contributed by atoms with Crippen LogP contribution in [0, 0.1) is 0 Å². The molecular weight excluding hydrogens is 226 g/mol. The number of aromatic hydroxyl groups is 1. The fraction of sp³-hybridized carbons (Fsp3) is 0.286. The van der Waals surface area contributed by atoms with E-state index < -0.39 is 0 Å². The maximum atomic E-state index is 9.31. The summed E-state index contributed by atoms with van der Waals surface area (Å²) in [4.78, 5) is 9.19. The van der Waals surface area contributed by atoms with E-state index in [4.69, 9.17) is 0 Å². The molecule has 0 amide bonds. The van der Waals surface area contributed by atoms with Crippen LogP contribution >= 0.6 is 0 Å². The summed E-state index contributed by atoms with van der Waals surface area (Å²) in [5.41, 5.74) is 3.33. The summed E-state index contributed by atoms with van der Waals surface area (Å²) in [7, 11) is 1.89. The lowest BCUT2D eigenvalue weighted by Gasteiger charge is -2.09. The van der Waals surface area contributed by atoms with Gasteiger partial charge in [0.1, 0.15) is 11.6 Å². The molecule has 1 aliphatic carbocycles. The summed E-state index contributed by atoms with van der Waals surface area (Å²) in [6, 6.07) is 6.99. The molecule has 0 radical (unpaired) electrons. The van der Waals surface area contributed by atoms with Crippen LogP contribution in [-0.4, -0.2) is 22.1 Å². The quantitative estimate of drug-likeness (QED) is 0.847. The molecule has 0 atom stereocenters. The Morgan fingerprint density at radius 3 is 2.61 bits per heavy atom. The van der Waals surface area contributed by atoms with Gasteiger partial charge in [0.15, 0.2) is 5.82 Å². The molecule has 2 aromatic rings. The molecule has 18 heavy (non-hydrogen) atoms. The van der Waals surface area contributed by atoms with Crippen LogP contribution in [0.25, 0.3) is 11.4 Å². The van der Waals surface area contributed by atoms with Gasteiger partial charge in [0.2, 0.25) is 0 Å². The highest BCUT2D eigenvalue weighted by Gasteiger charge is 2.19. The number of aromatic nitrogens is 2. The molecule has 4 nitrogen and oxygen atoms in total. The van der Waals surface area contributed by atoms with Crippen molar-refractivity contribution >= 4 is 5.82 Å². The number of fused-ring (bicyclic) bond motifs is 1. The molecule has 1 aromatic heterocycles. The Hall–Kier alpha value is -2.10. The number of nitrogens with one attached hydrogen (secondary N) is 1. The van der Waals surface area contributed by atoms with Gasteiger partial charge in [0, 0.05) is 23.9 Å². The molecule has 3 rings (SSSR count). The third-order valence-electron chi connectivity index (χ3n) is 3.30. The van der Waals surface area contributed by atoms with Gasteiger partial charge < -0.3 is 10.4 Å². The van der Waals surface area contributed by atoms with Crippen LogP contribution in [0.5, 0.6) is 5.75 Å². The van der Waals surface area contributed by atoms with E-state index in [2.05, 4.69) is 15.3 Å². The minimum atomic E-state index is 0.258. The molecule has 0 aliphatic heterocycles. The maximum Gasteiger partial charge on any atom is 0.161 e. The Balaban J connectivity index is 2.10. The summed E-state index contributed by atoms with van der Waals surface area (Å²) in [6.45, 7) is 0. The predicted octanol–water partition coefficient (Wildman–Crippen LogP) is 2.38. The number of nitrogens with zero attached hydrogens (tertiary/aromatic N) is 2.